The number of nitrogens with zero attached hydrogens (tertiary/aromatic N) is 1. The highest BCUT2D eigenvalue weighted by molar-refractivity contribution is 5.95. The number of hydrogen-bond donors (Lipinski definition) is 4. The molecule has 8 heteroatoms. The summed E-state index contributed by atoms with van der Waals surface area (Å²) in [6.07, 6.45) is 0. The Morgan fingerprint density at radius 3 is 2.19 bits per heavy atom. The summed E-state index contributed by atoms with van der Waals surface area (Å²) >= 11 is 0. The minimum Gasteiger partial charge on any atom is -0.481 e. The molecule has 0 spiro atoms. The van der Waals surface area contributed by atoms with Crippen molar-refractivity contribution >= 4 is 17.4 Å². The number of pyridine rings is 1. The molecule has 31 heavy (non-hydrogen) atoms. The van der Waals surface area contributed by atoms with Crippen molar-refractivity contribution in [3.8, 4) is 11.8 Å². The Bertz CT molecular complexity index is 1020. The SMILES string of the molecule is COc1cc([C@H](Nc2ccc(C(=N)N)cc2)C(=O)NCc2ccccc2)cc(OC)n1. The Balaban J connectivity index is 1.89. The van der Waals surface area contributed by atoms with E-state index in [9.17, 15) is 4.79 Å². The number of amidine groups is 1. The highest BCUT2D eigenvalue weighted by Gasteiger charge is 2.23. The maximum absolute atomic E-state index is 13.2. The van der Waals surface area contributed by atoms with E-state index < -0.39 is 6.04 Å². The molecule has 0 aliphatic rings. The van der Waals surface area contributed by atoms with E-state index in [1.54, 1.807) is 36.4 Å². The molecule has 0 saturated carbocycles. The van der Waals surface area contributed by atoms with Gasteiger partial charge in [-0.05, 0) is 35.4 Å². The molecule has 0 unspecified atom stereocenters. The molecule has 0 fully saturated rings. The van der Waals surface area contributed by atoms with Gasteiger partial charge in [0.1, 0.15) is 11.9 Å². The summed E-state index contributed by atoms with van der Waals surface area (Å²) in [5.74, 6) is 0.426. The lowest BCUT2D eigenvalue weighted by atomic mass is 10.1. The summed E-state index contributed by atoms with van der Waals surface area (Å²) in [6.45, 7) is 0.389. The number of carbonyl (C=O) groups excluding carboxylic acids is 1. The number of nitrogens with two attached hydrogens (primary N) is 1. The van der Waals surface area contributed by atoms with Crippen molar-refractivity contribution in [1.82, 2.24) is 10.3 Å². The maximum atomic E-state index is 13.2. The number of benzene rings is 2. The molecule has 0 aliphatic carbocycles. The van der Waals surface area contributed by atoms with Gasteiger partial charge >= 0.3 is 0 Å². The fourth-order valence-corrected chi connectivity index (χ4v) is 2.98. The predicted octanol–water partition coefficient (Wildman–Crippen LogP) is 2.85. The third kappa shape index (κ3) is 5.72. The molecule has 8 nitrogen and oxygen atoms in total. The standard InChI is InChI=1S/C23H25N5O3/c1-30-19-12-17(13-20(28-19)31-2)21(23(29)26-14-15-6-4-3-5-7-15)27-18-10-8-16(9-11-18)22(24)25/h3-13,21,27H,14H2,1-2H3,(H3,24,25)(H,26,29)/t21-/m0/s1. The highest BCUT2D eigenvalue weighted by atomic mass is 16.5. The van der Waals surface area contributed by atoms with Crippen LogP contribution in [0, 0.1) is 5.41 Å². The van der Waals surface area contributed by atoms with Crippen molar-refractivity contribution in [2.45, 2.75) is 12.6 Å². The van der Waals surface area contributed by atoms with Gasteiger partial charge in [0.15, 0.2) is 0 Å². The van der Waals surface area contributed by atoms with Crippen LogP contribution in [0.15, 0.2) is 66.7 Å². The van der Waals surface area contributed by atoms with Crippen molar-refractivity contribution in [1.29, 1.82) is 5.41 Å². The molecule has 1 atom stereocenters. The first-order valence-electron chi connectivity index (χ1n) is 9.62. The van der Waals surface area contributed by atoms with Crippen molar-refractivity contribution in [3.05, 3.63) is 83.4 Å². The first kappa shape index (κ1) is 21.6. The zero-order valence-electron chi connectivity index (χ0n) is 17.4. The molecule has 1 aromatic heterocycles. The topological polar surface area (TPSA) is 122 Å². The van der Waals surface area contributed by atoms with Gasteiger partial charge in [-0.25, -0.2) is 0 Å². The molecule has 3 aromatic rings. The lowest BCUT2D eigenvalue weighted by Gasteiger charge is -2.21. The van der Waals surface area contributed by atoms with Crippen LogP contribution < -0.4 is 25.8 Å². The zero-order valence-corrected chi connectivity index (χ0v) is 17.4. The average molecular weight is 419 g/mol. The lowest BCUT2D eigenvalue weighted by molar-refractivity contribution is -0.122. The quantitative estimate of drug-likeness (QED) is 0.312. The Hall–Kier alpha value is -4.07. The van der Waals surface area contributed by atoms with Gasteiger partial charge < -0.3 is 25.8 Å². The molecule has 3 rings (SSSR count). The smallest absolute Gasteiger partial charge is 0.247 e. The number of nitrogen functional groups attached to an aromatic ring is 1. The van der Waals surface area contributed by atoms with Crippen LogP contribution in [0.1, 0.15) is 22.7 Å². The molecule has 0 bridgehead atoms. The van der Waals surface area contributed by atoms with Crippen LogP contribution in [0.25, 0.3) is 0 Å². The summed E-state index contributed by atoms with van der Waals surface area (Å²) in [7, 11) is 3.01. The summed E-state index contributed by atoms with van der Waals surface area (Å²) in [5, 5.41) is 13.7. The Kier molecular flexibility index (Phi) is 7.05. The largest absolute Gasteiger partial charge is 0.481 e. The zero-order chi connectivity index (χ0) is 22.2. The van der Waals surface area contributed by atoms with Crippen LogP contribution in [0.3, 0.4) is 0 Å². The van der Waals surface area contributed by atoms with E-state index in [4.69, 9.17) is 20.6 Å². The average Bonchev–Trinajstić information content (AvgIpc) is 2.81. The van der Waals surface area contributed by atoms with E-state index in [0.29, 0.717) is 35.1 Å². The van der Waals surface area contributed by atoms with Crippen LogP contribution in [0.4, 0.5) is 5.69 Å². The van der Waals surface area contributed by atoms with Crippen LogP contribution in [-0.2, 0) is 11.3 Å². The monoisotopic (exact) mass is 419 g/mol. The van der Waals surface area contributed by atoms with Gasteiger partial charge in [-0.1, -0.05) is 30.3 Å². The number of aromatic nitrogens is 1. The van der Waals surface area contributed by atoms with Gasteiger partial charge in [-0.3, -0.25) is 10.2 Å². The summed E-state index contributed by atoms with van der Waals surface area (Å²) in [5.41, 5.74) is 8.44. The number of anilines is 1. The van der Waals surface area contributed by atoms with Gasteiger partial charge in [-0.2, -0.15) is 4.98 Å². The number of amides is 1. The first-order chi connectivity index (χ1) is 15.0. The lowest BCUT2D eigenvalue weighted by Crippen LogP contribution is -2.33. The Labute approximate surface area is 180 Å². The second-order valence-electron chi connectivity index (χ2n) is 6.76. The minimum atomic E-state index is -0.738. The van der Waals surface area contributed by atoms with E-state index in [0.717, 1.165) is 5.56 Å². The first-order valence-corrected chi connectivity index (χ1v) is 9.62. The number of ether oxygens (including phenoxy) is 2. The molecule has 0 radical (unpaired) electrons. The predicted molar refractivity (Wildman–Crippen MR) is 119 cm³/mol. The van der Waals surface area contributed by atoms with Gasteiger partial charge in [0.25, 0.3) is 0 Å². The molecule has 1 amide bonds. The normalized spacial score (nSPS) is 11.3. The van der Waals surface area contributed by atoms with Crippen molar-refractivity contribution in [2.24, 2.45) is 5.73 Å². The van der Waals surface area contributed by atoms with Crippen LogP contribution >= 0.6 is 0 Å². The van der Waals surface area contributed by atoms with Crippen molar-refractivity contribution in [2.75, 3.05) is 19.5 Å². The van der Waals surface area contributed by atoms with E-state index in [-0.39, 0.29) is 11.7 Å². The van der Waals surface area contributed by atoms with Gasteiger partial charge in [0.05, 0.1) is 14.2 Å². The number of rotatable bonds is 9. The fraction of sp³-hybridized carbons (Fsp3) is 0.174. The maximum Gasteiger partial charge on any atom is 0.247 e. The molecule has 160 valence electrons. The molecule has 1 heterocycles. The summed E-state index contributed by atoms with van der Waals surface area (Å²) in [4.78, 5) is 17.4. The fourth-order valence-electron chi connectivity index (χ4n) is 2.98. The van der Waals surface area contributed by atoms with Crippen LogP contribution in [-0.4, -0.2) is 30.9 Å². The molecule has 2 aromatic carbocycles. The number of nitrogens with one attached hydrogen (secondary N) is 3. The molecule has 0 aliphatic heterocycles. The molecular formula is C23H25N5O3. The van der Waals surface area contributed by atoms with Crippen LogP contribution in [0.2, 0.25) is 0 Å². The van der Waals surface area contributed by atoms with E-state index in [1.165, 1.54) is 14.2 Å². The molecular weight excluding hydrogens is 394 g/mol. The minimum absolute atomic E-state index is 0.0210. The van der Waals surface area contributed by atoms with E-state index in [1.807, 2.05) is 30.3 Å². The third-order valence-electron chi connectivity index (χ3n) is 4.63. The Morgan fingerprint density at radius 1 is 1.03 bits per heavy atom. The summed E-state index contributed by atoms with van der Waals surface area (Å²) in [6, 6.07) is 19.3. The van der Waals surface area contributed by atoms with E-state index in [2.05, 4.69) is 15.6 Å². The molecule has 0 saturated heterocycles. The van der Waals surface area contributed by atoms with Gasteiger partial charge in [0, 0.05) is 29.9 Å². The Morgan fingerprint density at radius 2 is 1.65 bits per heavy atom. The second-order valence-corrected chi connectivity index (χ2v) is 6.76. The van der Waals surface area contributed by atoms with Crippen molar-refractivity contribution < 1.29 is 14.3 Å². The number of methoxy groups -OCH3 is 2. The third-order valence-corrected chi connectivity index (χ3v) is 4.63. The van der Waals surface area contributed by atoms with Crippen molar-refractivity contribution in [3.63, 3.8) is 0 Å². The van der Waals surface area contributed by atoms with E-state index >= 15 is 0 Å². The number of carbonyl (C=O) groups is 1. The molecule has 5 N–H and O–H groups in total. The van der Waals surface area contributed by atoms with Gasteiger partial charge in [0.2, 0.25) is 17.7 Å². The highest BCUT2D eigenvalue weighted by Crippen LogP contribution is 2.26. The number of hydrogen-bond acceptors (Lipinski definition) is 6. The van der Waals surface area contributed by atoms with Crippen LogP contribution in [0.5, 0.6) is 11.8 Å². The summed E-state index contributed by atoms with van der Waals surface area (Å²) < 4.78 is 10.5. The van der Waals surface area contributed by atoms with Gasteiger partial charge in [-0.15, -0.1) is 0 Å². The second kappa shape index (κ2) is 10.1.